The van der Waals surface area contributed by atoms with E-state index in [1.54, 1.807) is 19.9 Å². The first-order valence-electron chi connectivity index (χ1n) is 8.62. The van der Waals surface area contributed by atoms with E-state index in [-0.39, 0.29) is 23.2 Å². The van der Waals surface area contributed by atoms with Gasteiger partial charge in [-0.1, -0.05) is 43.9 Å². The number of carbonyl (C=O) groups excluding carboxylic acids is 2. The Balaban J connectivity index is 2.31. The third-order valence-corrected chi connectivity index (χ3v) is 6.14. The van der Waals surface area contributed by atoms with Crippen LogP contribution in [-0.2, 0) is 9.59 Å². The number of fused-ring (bicyclic) bond motifs is 1. The fourth-order valence-electron chi connectivity index (χ4n) is 4.47. The minimum atomic E-state index is -0.912. The van der Waals surface area contributed by atoms with Crippen LogP contribution in [0.3, 0.4) is 0 Å². The Labute approximate surface area is 148 Å². The van der Waals surface area contributed by atoms with Crippen LogP contribution in [0.2, 0.25) is 0 Å². The minimum absolute atomic E-state index is 0.00652. The molecule has 0 aliphatic heterocycles. The van der Waals surface area contributed by atoms with Gasteiger partial charge in [0.1, 0.15) is 5.75 Å². The van der Waals surface area contributed by atoms with E-state index in [1.807, 2.05) is 38.1 Å². The highest BCUT2D eigenvalue weighted by Gasteiger charge is 2.56. The molecule has 25 heavy (non-hydrogen) atoms. The molecule has 0 bridgehead atoms. The smallest absolute Gasteiger partial charge is 0.166 e. The number of rotatable bonds is 2. The first-order valence-corrected chi connectivity index (χ1v) is 8.62. The molecule has 1 aromatic rings. The highest BCUT2D eigenvalue weighted by molar-refractivity contribution is 6.15. The number of para-hydroxylation sites is 1. The molecular weight excluding hydrogens is 312 g/mol. The molecule has 3 rings (SSSR count). The van der Waals surface area contributed by atoms with Gasteiger partial charge in [-0.05, 0) is 49.5 Å². The van der Waals surface area contributed by atoms with Crippen molar-refractivity contribution in [2.45, 2.75) is 40.0 Å². The number of allylic oxidation sites excluding steroid dienone is 5. The van der Waals surface area contributed by atoms with Crippen molar-refractivity contribution < 1.29 is 14.7 Å². The van der Waals surface area contributed by atoms with Gasteiger partial charge in [-0.3, -0.25) is 9.59 Å². The van der Waals surface area contributed by atoms with Crippen molar-refractivity contribution in [3.05, 3.63) is 64.8 Å². The zero-order valence-electron chi connectivity index (χ0n) is 15.2. The van der Waals surface area contributed by atoms with Crippen LogP contribution in [0.1, 0.15) is 44.2 Å². The fraction of sp³-hybridized carbons (Fsp3) is 0.364. The maximum Gasteiger partial charge on any atom is 0.166 e. The Hall–Kier alpha value is -2.42. The summed E-state index contributed by atoms with van der Waals surface area (Å²) >= 11 is 0. The lowest BCUT2D eigenvalue weighted by Crippen LogP contribution is -2.50. The number of aromatic hydroxyl groups is 1. The molecule has 1 aromatic carbocycles. The molecule has 0 heterocycles. The summed E-state index contributed by atoms with van der Waals surface area (Å²) in [6, 6.07) is 5.55. The second kappa shape index (κ2) is 5.83. The van der Waals surface area contributed by atoms with Crippen LogP contribution >= 0.6 is 0 Å². The molecule has 0 aromatic heterocycles. The molecule has 2 aliphatic carbocycles. The van der Waals surface area contributed by atoms with Gasteiger partial charge in [0.2, 0.25) is 0 Å². The third kappa shape index (κ3) is 2.25. The topological polar surface area (TPSA) is 54.4 Å². The van der Waals surface area contributed by atoms with Crippen LogP contribution in [-0.4, -0.2) is 16.7 Å². The largest absolute Gasteiger partial charge is 0.507 e. The van der Waals surface area contributed by atoms with E-state index in [0.29, 0.717) is 23.1 Å². The van der Waals surface area contributed by atoms with Crippen molar-refractivity contribution in [1.82, 2.24) is 0 Å². The number of phenolic OH excluding ortho intramolecular Hbond substituents is 1. The Kier molecular flexibility index (Phi) is 4.06. The normalized spacial score (nSPS) is 29.4. The maximum absolute atomic E-state index is 13.3. The number of ketones is 2. The Bertz CT molecular complexity index is 856. The monoisotopic (exact) mass is 336 g/mol. The van der Waals surface area contributed by atoms with E-state index in [2.05, 4.69) is 6.58 Å². The average Bonchev–Trinajstić information content (AvgIpc) is 2.60. The van der Waals surface area contributed by atoms with E-state index in [1.165, 1.54) is 0 Å². The molecule has 130 valence electrons. The van der Waals surface area contributed by atoms with E-state index in [0.717, 1.165) is 11.1 Å². The van der Waals surface area contributed by atoms with Crippen molar-refractivity contribution in [3.8, 4) is 5.75 Å². The van der Waals surface area contributed by atoms with Crippen LogP contribution in [0, 0.1) is 18.3 Å². The molecule has 0 amide bonds. The molecule has 0 fully saturated rings. The van der Waals surface area contributed by atoms with Gasteiger partial charge in [-0.2, -0.15) is 0 Å². The molecule has 3 heteroatoms. The summed E-state index contributed by atoms with van der Waals surface area (Å²) in [4.78, 5) is 26.2. The lowest BCUT2D eigenvalue weighted by molar-refractivity contribution is -0.138. The fourth-order valence-corrected chi connectivity index (χ4v) is 4.47. The van der Waals surface area contributed by atoms with Crippen molar-refractivity contribution in [3.63, 3.8) is 0 Å². The first kappa shape index (κ1) is 17.4. The van der Waals surface area contributed by atoms with Gasteiger partial charge in [0.05, 0.1) is 5.41 Å². The van der Waals surface area contributed by atoms with Gasteiger partial charge in [0.25, 0.3) is 0 Å². The number of hydrogen-bond acceptors (Lipinski definition) is 3. The van der Waals surface area contributed by atoms with Gasteiger partial charge >= 0.3 is 0 Å². The number of phenols is 1. The number of Topliss-reactive ketones (excluding diaryl/α,β-unsaturated/α-hetero) is 2. The standard InChI is InChI=1S/C22H24O3/c1-6-15-10-11-17-20(24)13(3)14(4)21(25)22(17,5)18(15)16-9-7-8-12(2)19(16)23/h6-10,17-18,23H,1,11H2,2-5H3/t17-,18+,22+/m0/s1. The summed E-state index contributed by atoms with van der Waals surface area (Å²) in [6.45, 7) is 11.1. The second-order valence-electron chi connectivity index (χ2n) is 7.37. The van der Waals surface area contributed by atoms with Crippen molar-refractivity contribution in [1.29, 1.82) is 0 Å². The predicted octanol–water partition coefficient (Wildman–Crippen LogP) is 4.41. The number of carbonyl (C=O) groups is 2. The SMILES string of the molecule is C=CC1=CC[C@H]2C(=O)C(C)=C(C)C(=O)[C@@]2(C)[C@H]1c1cccc(C)c1O. The summed E-state index contributed by atoms with van der Waals surface area (Å²) in [6.07, 6.45) is 4.26. The summed E-state index contributed by atoms with van der Waals surface area (Å²) in [5.41, 5.74) is 2.52. The van der Waals surface area contributed by atoms with Gasteiger partial charge < -0.3 is 5.11 Å². The van der Waals surface area contributed by atoms with E-state index in [9.17, 15) is 14.7 Å². The predicted molar refractivity (Wildman–Crippen MR) is 98.5 cm³/mol. The molecule has 2 aliphatic rings. The highest BCUT2D eigenvalue weighted by atomic mass is 16.3. The Morgan fingerprint density at radius 3 is 2.52 bits per heavy atom. The molecule has 0 spiro atoms. The Morgan fingerprint density at radius 2 is 1.88 bits per heavy atom. The minimum Gasteiger partial charge on any atom is -0.507 e. The van der Waals surface area contributed by atoms with Crippen molar-refractivity contribution >= 4 is 11.6 Å². The maximum atomic E-state index is 13.3. The average molecular weight is 336 g/mol. The number of aryl methyl sites for hydroxylation is 1. The quantitative estimate of drug-likeness (QED) is 0.870. The zero-order chi connectivity index (χ0) is 18.5. The van der Waals surface area contributed by atoms with E-state index < -0.39 is 11.3 Å². The first-order chi connectivity index (χ1) is 11.7. The molecule has 0 radical (unpaired) electrons. The molecular formula is C22H24O3. The highest BCUT2D eigenvalue weighted by Crippen LogP contribution is 2.57. The van der Waals surface area contributed by atoms with E-state index in [4.69, 9.17) is 0 Å². The molecule has 1 N–H and O–H groups in total. The van der Waals surface area contributed by atoms with Crippen LogP contribution in [0.5, 0.6) is 5.75 Å². The van der Waals surface area contributed by atoms with Gasteiger partial charge in [0, 0.05) is 17.4 Å². The van der Waals surface area contributed by atoms with Gasteiger partial charge in [-0.25, -0.2) is 0 Å². The molecule has 0 saturated heterocycles. The van der Waals surface area contributed by atoms with Crippen LogP contribution < -0.4 is 0 Å². The summed E-state index contributed by atoms with van der Waals surface area (Å²) in [7, 11) is 0. The lowest BCUT2D eigenvalue weighted by Gasteiger charge is -2.48. The number of benzene rings is 1. The van der Waals surface area contributed by atoms with Crippen LogP contribution in [0.25, 0.3) is 0 Å². The third-order valence-electron chi connectivity index (χ3n) is 6.14. The van der Waals surface area contributed by atoms with Gasteiger partial charge in [-0.15, -0.1) is 0 Å². The van der Waals surface area contributed by atoms with Crippen LogP contribution in [0.4, 0.5) is 0 Å². The second-order valence-corrected chi connectivity index (χ2v) is 7.37. The molecule has 0 unspecified atom stereocenters. The van der Waals surface area contributed by atoms with Crippen LogP contribution in [0.15, 0.2) is 53.6 Å². The summed E-state index contributed by atoms with van der Waals surface area (Å²) in [5.74, 6) is -0.573. The lowest BCUT2D eigenvalue weighted by atomic mass is 9.52. The molecule has 0 saturated carbocycles. The number of hydrogen-bond donors (Lipinski definition) is 1. The summed E-state index contributed by atoms with van der Waals surface area (Å²) < 4.78 is 0. The van der Waals surface area contributed by atoms with E-state index >= 15 is 0 Å². The van der Waals surface area contributed by atoms with Crippen molar-refractivity contribution in [2.75, 3.05) is 0 Å². The molecule has 3 atom stereocenters. The Morgan fingerprint density at radius 1 is 1.20 bits per heavy atom. The van der Waals surface area contributed by atoms with Crippen molar-refractivity contribution in [2.24, 2.45) is 11.3 Å². The van der Waals surface area contributed by atoms with Gasteiger partial charge in [0.15, 0.2) is 11.6 Å². The molecule has 3 nitrogen and oxygen atoms in total. The zero-order valence-corrected chi connectivity index (χ0v) is 15.2. The summed E-state index contributed by atoms with van der Waals surface area (Å²) in [5, 5.41) is 10.7.